The smallest absolute Gasteiger partial charge is 0.313 e. The molecule has 0 saturated heterocycles. The Balaban J connectivity index is 0.000000640. The Morgan fingerprint density at radius 3 is 2.56 bits per heavy atom. The van der Waals surface area contributed by atoms with E-state index in [0.717, 1.165) is 12.8 Å². The molecular formula is C7H12O2. The van der Waals surface area contributed by atoms with Gasteiger partial charge in [-0.3, -0.25) is 4.79 Å². The van der Waals surface area contributed by atoms with Crippen molar-refractivity contribution in [3.63, 3.8) is 0 Å². The van der Waals surface area contributed by atoms with Gasteiger partial charge in [0.25, 0.3) is 0 Å². The van der Waals surface area contributed by atoms with Gasteiger partial charge in [0.05, 0.1) is 12.2 Å². The molecule has 0 aliphatic heterocycles. The highest BCUT2D eigenvalue weighted by molar-refractivity contribution is 5.75. The molecule has 0 bridgehead atoms. The highest BCUT2D eigenvalue weighted by atomic mass is 16.5. The molecule has 0 N–H and O–H groups in total. The average Bonchev–Trinajstić information content (AvgIpc) is 2.45. The summed E-state index contributed by atoms with van der Waals surface area (Å²) >= 11 is 0. The van der Waals surface area contributed by atoms with E-state index in [4.69, 9.17) is 0 Å². The molecule has 0 atom stereocenters. The topological polar surface area (TPSA) is 26.3 Å². The zero-order chi connectivity index (χ0) is 5.98. The van der Waals surface area contributed by atoms with Gasteiger partial charge in [0, 0.05) is 0 Å². The fraction of sp³-hybridized carbons (Fsp3) is 0.571. The maximum Gasteiger partial charge on any atom is 0.313 e. The minimum Gasteiger partial charge on any atom is -0.435 e. The van der Waals surface area contributed by atoms with E-state index >= 15 is 0 Å². The standard InChI is InChI=1S/C6H8O2.CH4/c1-2-8-6(7)5-3-4-5;/h2,5H,1,3-4H2;1H4. The van der Waals surface area contributed by atoms with Crippen LogP contribution in [0, 0.1) is 5.92 Å². The SMILES string of the molecule is C.C=COC(=O)C1CC1. The fourth-order valence-corrected chi connectivity index (χ4v) is 0.497. The van der Waals surface area contributed by atoms with E-state index in [1.165, 1.54) is 6.26 Å². The summed E-state index contributed by atoms with van der Waals surface area (Å²) in [6, 6.07) is 0. The van der Waals surface area contributed by atoms with Crippen LogP contribution in [0.5, 0.6) is 0 Å². The predicted octanol–water partition coefficient (Wildman–Crippen LogP) is 1.72. The molecule has 0 spiro atoms. The van der Waals surface area contributed by atoms with Crippen molar-refractivity contribution in [2.75, 3.05) is 0 Å². The maximum absolute atomic E-state index is 10.5. The fourth-order valence-electron chi connectivity index (χ4n) is 0.497. The van der Waals surface area contributed by atoms with Crippen molar-refractivity contribution in [1.82, 2.24) is 0 Å². The number of hydrogen-bond donors (Lipinski definition) is 0. The van der Waals surface area contributed by atoms with Gasteiger partial charge in [-0.15, -0.1) is 0 Å². The van der Waals surface area contributed by atoms with Gasteiger partial charge >= 0.3 is 5.97 Å². The normalized spacial score (nSPS) is 15.6. The van der Waals surface area contributed by atoms with Crippen molar-refractivity contribution in [2.45, 2.75) is 20.3 Å². The Morgan fingerprint density at radius 1 is 1.67 bits per heavy atom. The molecule has 2 heteroatoms. The summed E-state index contributed by atoms with van der Waals surface area (Å²) in [6.45, 7) is 3.27. The third-order valence-electron chi connectivity index (χ3n) is 1.11. The van der Waals surface area contributed by atoms with Gasteiger partial charge in [0.15, 0.2) is 0 Å². The van der Waals surface area contributed by atoms with E-state index in [2.05, 4.69) is 11.3 Å². The van der Waals surface area contributed by atoms with Crippen LogP contribution in [0.25, 0.3) is 0 Å². The van der Waals surface area contributed by atoms with Crippen LogP contribution in [0.3, 0.4) is 0 Å². The summed E-state index contributed by atoms with van der Waals surface area (Å²) in [4.78, 5) is 10.5. The number of carbonyl (C=O) groups is 1. The molecule has 0 radical (unpaired) electrons. The lowest BCUT2D eigenvalue weighted by Gasteiger charge is -1.90. The van der Waals surface area contributed by atoms with Crippen LogP contribution in [-0.2, 0) is 9.53 Å². The molecule has 1 aliphatic carbocycles. The molecule has 0 aromatic rings. The van der Waals surface area contributed by atoms with Crippen LogP contribution in [0.15, 0.2) is 12.8 Å². The first kappa shape index (κ1) is 8.21. The lowest BCUT2D eigenvalue weighted by atomic mass is 10.4. The van der Waals surface area contributed by atoms with Gasteiger partial charge < -0.3 is 4.74 Å². The Hall–Kier alpha value is -0.790. The first-order chi connectivity index (χ1) is 3.84. The maximum atomic E-state index is 10.5. The molecule has 0 aromatic carbocycles. The molecule has 1 aliphatic rings. The van der Waals surface area contributed by atoms with Crippen molar-refractivity contribution in [3.8, 4) is 0 Å². The van der Waals surface area contributed by atoms with Gasteiger partial charge in [-0.05, 0) is 12.8 Å². The van der Waals surface area contributed by atoms with Crippen LogP contribution >= 0.6 is 0 Å². The van der Waals surface area contributed by atoms with Crippen molar-refractivity contribution in [1.29, 1.82) is 0 Å². The molecular weight excluding hydrogens is 116 g/mol. The molecule has 0 amide bonds. The number of rotatable bonds is 2. The van der Waals surface area contributed by atoms with Gasteiger partial charge in [-0.25, -0.2) is 0 Å². The van der Waals surface area contributed by atoms with Crippen LogP contribution in [-0.4, -0.2) is 5.97 Å². The number of ether oxygens (including phenoxy) is 1. The van der Waals surface area contributed by atoms with Crippen LogP contribution in [0.2, 0.25) is 0 Å². The molecule has 1 rings (SSSR count). The second-order valence-electron chi connectivity index (χ2n) is 1.88. The quantitative estimate of drug-likeness (QED) is 0.418. The minimum absolute atomic E-state index is 0. The second-order valence-corrected chi connectivity index (χ2v) is 1.88. The zero-order valence-corrected chi connectivity index (χ0v) is 4.59. The summed E-state index contributed by atoms with van der Waals surface area (Å²) in [5.74, 6) is 0.0630. The Labute approximate surface area is 55.5 Å². The van der Waals surface area contributed by atoms with Gasteiger partial charge in [-0.2, -0.15) is 0 Å². The van der Waals surface area contributed by atoms with Gasteiger partial charge in [0.2, 0.25) is 0 Å². The van der Waals surface area contributed by atoms with Gasteiger partial charge in [0.1, 0.15) is 0 Å². The van der Waals surface area contributed by atoms with Crippen LogP contribution in [0.1, 0.15) is 20.3 Å². The first-order valence-corrected chi connectivity index (χ1v) is 2.66. The molecule has 52 valence electrons. The van der Waals surface area contributed by atoms with Crippen molar-refractivity contribution >= 4 is 5.97 Å². The van der Waals surface area contributed by atoms with Crippen molar-refractivity contribution in [3.05, 3.63) is 12.8 Å². The Bertz CT molecular complexity index is 114. The molecule has 0 heterocycles. The van der Waals surface area contributed by atoms with E-state index in [1.54, 1.807) is 0 Å². The molecule has 9 heavy (non-hydrogen) atoms. The molecule has 0 unspecified atom stereocenters. The highest BCUT2D eigenvalue weighted by Crippen LogP contribution is 2.29. The summed E-state index contributed by atoms with van der Waals surface area (Å²) in [5.41, 5.74) is 0. The largest absolute Gasteiger partial charge is 0.435 e. The minimum atomic E-state index is -0.125. The van der Waals surface area contributed by atoms with E-state index in [9.17, 15) is 4.79 Å². The molecule has 1 saturated carbocycles. The summed E-state index contributed by atoms with van der Waals surface area (Å²) < 4.78 is 4.49. The van der Waals surface area contributed by atoms with Crippen molar-refractivity contribution in [2.24, 2.45) is 5.92 Å². The van der Waals surface area contributed by atoms with E-state index in [0.29, 0.717) is 0 Å². The number of hydrogen-bond acceptors (Lipinski definition) is 2. The van der Waals surface area contributed by atoms with Gasteiger partial charge in [-0.1, -0.05) is 14.0 Å². The predicted molar refractivity (Wildman–Crippen MR) is 35.7 cm³/mol. The van der Waals surface area contributed by atoms with E-state index in [-0.39, 0.29) is 19.3 Å². The summed E-state index contributed by atoms with van der Waals surface area (Å²) in [5, 5.41) is 0. The summed E-state index contributed by atoms with van der Waals surface area (Å²) in [7, 11) is 0. The van der Waals surface area contributed by atoms with E-state index in [1.807, 2.05) is 0 Å². The highest BCUT2D eigenvalue weighted by Gasteiger charge is 2.30. The second kappa shape index (κ2) is 3.28. The summed E-state index contributed by atoms with van der Waals surface area (Å²) in [6.07, 6.45) is 3.17. The number of carbonyl (C=O) groups excluding carboxylic acids is 1. The Kier molecular flexibility index (Phi) is 2.99. The third kappa shape index (κ3) is 2.31. The monoisotopic (exact) mass is 128 g/mol. The average molecular weight is 128 g/mol. The molecule has 2 nitrogen and oxygen atoms in total. The lowest BCUT2D eigenvalue weighted by molar-refractivity contribution is -0.139. The van der Waals surface area contributed by atoms with Crippen LogP contribution < -0.4 is 0 Å². The van der Waals surface area contributed by atoms with Crippen LogP contribution in [0.4, 0.5) is 0 Å². The Morgan fingerprint density at radius 2 is 2.22 bits per heavy atom. The molecule has 1 fully saturated rings. The molecule has 0 aromatic heterocycles. The lowest BCUT2D eigenvalue weighted by Crippen LogP contribution is -2.00. The van der Waals surface area contributed by atoms with Crippen molar-refractivity contribution < 1.29 is 9.53 Å². The van der Waals surface area contributed by atoms with E-state index < -0.39 is 0 Å². The zero-order valence-electron chi connectivity index (χ0n) is 4.59. The first-order valence-electron chi connectivity index (χ1n) is 2.66. The third-order valence-corrected chi connectivity index (χ3v) is 1.11. The number of esters is 1.